The van der Waals surface area contributed by atoms with Gasteiger partial charge in [0.05, 0.1) is 11.7 Å². The second kappa shape index (κ2) is 9.08. The van der Waals surface area contributed by atoms with Crippen LogP contribution in [0.15, 0.2) is 66.7 Å². The quantitative estimate of drug-likeness (QED) is 0.683. The molecule has 5 heteroatoms. The Morgan fingerprint density at radius 3 is 2.30 bits per heavy atom. The van der Waals surface area contributed by atoms with Crippen LogP contribution >= 0.6 is 0 Å². The maximum atomic E-state index is 12.7. The van der Waals surface area contributed by atoms with Crippen molar-refractivity contribution in [1.29, 1.82) is 0 Å². The molecule has 4 rings (SSSR count). The number of hydrogen-bond acceptors (Lipinski definition) is 4. The number of aryl methyl sites for hydroxylation is 1. The lowest BCUT2D eigenvalue weighted by Gasteiger charge is -2.32. The molecule has 1 aliphatic heterocycles. The first-order chi connectivity index (χ1) is 14.6. The van der Waals surface area contributed by atoms with Gasteiger partial charge in [-0.05, 0) is 44.4 Å². The van der Waals surface area contributed by atoms with E-state index in [0.29, 0.717) is 0 Å². The van der Waals surface area contributed by atoms with Gasteiger partial charge in [0.1, 0.15) is 0 Å². The molecule has 0 unspecified atom stereocenters. The van der Waals surface area contributed by atoms with E-state index in [1.807, 2.05) is 49.4 Å². The first-order valence-electron chi connectivity index (χ1n) is 10.6. The van der Waals surface area contributed by atoms with Crippen molar-refractivity contribution in [2.24, 2.45) is 5.92 Å². The SMILES string of the molecule is Cc1ccc([C@H](C)NC(=O)C2CCN(c3ccc(-c4ccccc4)nn3)CC2)cc1. The summed E-state index contributed by atoms with van der Waals surface area (Å²) in [5.74, 6) is 1.07. The van der Waals surface area contributed by atoms with Crippen LogP contribution in [0.4, 0.5) is 5.82 Å². The summed E-state index contributed by atoms with van der Waals surface area (Å²) in [6, 6.07) is 22.5. The fourth-order valence-corrected chi connectivity index (χ4v) is 3.90. The van der Waals surface area contributed by atoms with Gasteiger partial charge in [-0.3, -0.25) is 4.79 Å². The van der Waals surface area contributed by atoms with Crippen molar-refractivity contribution in [1.82, 2.24) is 15.5 Å². The number of aromatic nitrogens is 2. The molecule has 0 radical (unpaired) electrons. The van der Waals surface area contributed by atoms with Gasteiger partial charge in [0.25, 0.3) is 0 Å². The van der Waals surface area contributed by atoms with Crippen molar-refractivity contribution in [3.63, 3.8) is 0 Å². The lowest BCUT2D eigenvalue weighted by atomic mass is 9.95. The average molecular weight is 401 g/mol. The van der Waals surface area contributed by atoms with Crippen molar-refractivity contribution in [3.05, 3.63) is 77.9 Å². The minimum absolute atomic E-state index is 0.0209. The molecule has 0 saturated carbocycles. The van der Waals surface area contributed by atoms with Crippen LogP contribution < -0.4 is 10.2 Å². The summed E-state index contributed by atoms with van der Waals surface area (Å²) >= 11 is 0. The van der Waals surface area contributed by atoms with E-state index in [0.717, 1.165) is 48.6 Å². The van der Waals surface area contributed by atoms with Crippen molar-refractivity contribution >= 4 is 11.7 Å². The molecular weight excluding hydrogens is 372 g/mol. The summed E-state index contributed by atoms with van der Waals surface area (Å²) < 4.78 is 0. The minimum Gasteiger partial charge on any atom is -0.355 e. The zero-order chi connectivity index (χ0) is 20.9. The second-order valence-electron chi connectivity index (χ2n) is 8.05. The number of nitrogens with zero attached hydrogens (tertiary/aromatic N) is 3. The maximum Gasteiger partial charge on any atom is 0.223 e. The lowest BCUT2D eigenvalue weighted by Crippen LogP contribution is -2.41. The monoisotopic (exact) mass is 400 g/mol. The largest absolute Gasteiger partial charge is 0.355 e. The van der Waals surface area contributed by atoms with Crippen molar-refractivity contribution in [2.45, 2.75) is 32.7 Å². The van der Waals surface area contributed by atoms with Gasteiger partial charge in [-0.25, -0.2) is 0 Å². The van der Waals surface area contributed by atoms with Crippen molar-refractivity contribution < 1.29 is 4.79 Å². The topological polar surface area (TPSA) is 58.1 Å². The fraction of sp³-hybridized carbons (Fsp3) is 0.320. The Hall–Kier alpha value is -3.21. The molecule has 154 valence electrons. The number of benzene rings is 2. The van der Waals surface area contributed by atoms with Crippen LogP contribution in [0.25, 0.3) is 11.3 Å². The number of rotatable bonds is 5. The van der Waals surface area contributed by atoms with Gasteiger partial charge < -0.3 is 10.2 Å². The Labute approximate surface area is 178 Å². The van der Waals surface area contributed by atoms with Crippen LogP contribution in [0.3, 0.4) is 0 Å². The Kier molecular flexibility index (Phi) is 6.07. The molecule has 2 aromatic carbocycles. The van der Waals surface area contributed by atoms with Crippen LogP contribution in [0.5, 0.6) is 0 Å². The Bertz CT molecular complexity index is 962. The highest BCUT2D eigenvalue weighted by atomic mass is 16.1. The third-order valence-electron chi connectivity index (χ3n) is 5.85. The van der Waals surface area contributed by atoms with Gasteiger partial charge in [0.2, 0.25) is 5.91 Å². The molecule has 5 nitrogen and oxygen atoms in total. The molecule has 2 heterocycles. The standard InChI is InChI=1S/C25H28N4O/c1-18-8-10-20(11-9-18)19(2)26-25(30)22-14-16-29(17-15-22)24-13-12-23(27-28-24)21-6-4-3-5-7-21/h3-13,19,22H,14-17H2,1-2H3,(H,26,30)/t19-/m0/s1. The van der Waals surface area contributed by atoms with Crippen LogP contribution in [0.1, 0.15) is 36.9 Å². The molecule has 3 aromatic rings. The molecule has 1 aromatic heterocycles. The van der Waals surface area contributed by atoms with Crippen molar-refractivity contribution in [2.75, 3.05) is 18.0 Å². The summed E-state index contributed by atoms with van der Waals surface area (Å²) in [6.45, 7) is 5.74. The fourth-order valence-electron chi connectivity index (χ4n) is 3.90. The molecule has 0 bridgehead atoms. The van der Waals surface area contributed by atoms with Gasteiger partial charge in [-0.1, -0.05) is 60.2 Å². The summed E-state index contributed by atoms with van der Waals surface area (Å²) in [4.78, 5) is 15.0. The Balaban J connectivity index is 1.31. The zero-order valence-corrected chi connectivity index (χ0v) is 17.6. The third kappa shape index (κ3) is 4.67. The number of amides is 1. The van der Waals surface area contributed by atoms with Crippen LogP contribution in [0, 0.1) is 12.8 Å². The van der Waals surface area contributed by atoms with E-state index in [-0.39, 0.29) is 17.9 Å². The minimum atomic E-state index is 0.0209. The van der Waals surface area contributed by atoms with Crippen LogP contribution in [0.2, 0.25) is 0 Å². The van der Waals surface area contributed by atoms with Gasteiger partial charge in [-0.15, -0.1) is 10.2 Å². The highest BCUT2D eigenvalue weighted by molar-refractivity contribution is 5.79. The first-order valence-corrected chi connectivity index (χ1v) is 10.6. The van der Waals surface area contributed by atoms with E-state index in [2.05, 4.69) is 51.6 Å². The summed E-state index contributed by atoms with van der Waals surface area (Å²) in [5, 5.41) is 12.0. The summed E-state index contributed by atoms with van der Waals surface area (Å²) in [5.41, 5.74) is 4.30. The number of hydrogen-bond donors (Lipinski definition) is 1. The normalized spacial score (nSPS) is 15.6. The van der Waals surface area contributed by atoms with E-state index >= 15 is 0 Å². The van der Waals surface area contributed by atoms with Crippen molar-refractivity contribution in [3.8, 4) is 11.3 Å². The molecule has 1 saturated heterocycles. The zero-order valence-electron chi connectivity index (χ0n) is 17.6. The van der Waals surface area contributed by atoms with Gasteiger partial charge in [0.15, 0.2) is 5.82 Å². The molecule has 1 fully saturated rings. The molecule has 30 heavy (non-hydrogen) atoms. The van der Waals surface area contributed by atoms with Gasteiger partial charge in [-0.2, -0.15) is 0 Å². The highest BCUT2D eigenvalue weighted by Gasteiger charge is 2.26. The second-order valence-corrected chi connectivity index (χ2v) is 8.05. The Morgan fingerprint density at radius 2 is 1.67 bits per heavy atom. The summed E-state index contributed by atoms with van der Waals surface area (Å²) in [7, 11) is 0. The summed E-state index contributed by atoms with van der Waals surface area (Å²) in [6.07, 6.45) is 1.66. The van der Waals surface area contributed by atoms with Crippen LogP contribution in [-0.2, 0) is 4.79 Å². The molecule has 1 atom stereocenters. The molecule has 1 N–H and O–H groups in total. The van der Waals surface area contributed by atoms with E-state index in [9.17, 15) is 4.79 Å². The van der Waals surface area contributed by atoms with E-state index < -0.39 is 0 Å². The maximum absolute atomic E-state index is 12.7. The van der Waals surface area contributed by atoms with Gasteiger partial charge in [0, 0.05) is 24.6 Å². The Morgan fingerprint density at radius 1 is 0.967 bits per heavy atom. The highest BCUT2D eigenvalue weighted by Crippen LogP contribution is 2.24. The predicted molar refractivity (Wildman–Crippen MR) is 120 cm³/mol. The molecular formula is C25H28N4O. The van der Waals surface area contributed by atoms with Gasteiger partial charge >= 0.3 is 0 Å². The third-order valence-corrected chi connectivity index (χ3v) is 5.85. The number of nitrogens with one attached hydrogen (secondary N) is 1. The number of carbonyl (C=O) groups is 1. The molecule has 1 amide bonds. The number of anilines is 1. The molecule has 1 aliphatic rings. The van der Waals surface area contributed by atoms with Crippen LogP contribution in [-0.4, -0.2) is 29.2 Å². The predicted octanol–water partition coefficient (Wildman–Crippen LogP) is 4.55. The molecule has 0 aliphatic carbocycles. The van der Waals surface area contributed by atoms with E-state index in [1.165, 1.54) is 5.56 Å². The first kappa shape index (κ1) is 20.1. The number of carbonyl (C=O) groups excluding carboxylic acids is 1. The lowest BCUT2D eigenvalue weighted by molar-refractivity contribution is -0.126. The van der Waals surface area contributed by atoms with E-state index in [1.54, 1.807) is 0 Å². The molecule has 0 spiro atoms. The number of piperidine rings is 1. The average Bonchev–Trinajstić information content (AvgIpc) is 2.80. The smallest absolute Gasteiger partial charge is 0.223 e. The van der Waals surface area contributed by atoms with E-state index in [4.69, 9.17) is 0 Å².